The number of thiazole rings is 1. The Morgan fingerprint density at radius 2 is 1.88 bits per heavy atom. The molecule has 1 saturated heterocycles. The summed E-state index contributed by atoms with van der Waals surface area (Å²) < 4.78 is 14.7. The van der Waals surface area contributed by atoms with Crippen LogP contribution in [0, 0.1) is 0 Å². The first kappa shape index (κ1) is 20.8. The number of alkyl halides is 1. The van der Waals surface area contributed by atoms with Gasteiger partial charge in [0.05, 0.1) is 15.7 Å². The summed E-state index contributed by atoms with van der Waals surface area (Å²) in [5, 5.41) is 3.00. The lowest BCUT2D eigenvalue weighted by atomic mass is 9.96. The van der Waals surface area contributed by atoms with Crippen LogP contribution in [0.5, 0.6) is 0 Å². The summed E-state index contributed by atoms with van der Waals surface area (Å²) in [6.45, 7) is 2.17. The number of halogens is 1. The Hall–Kier alpha value is -3.09. The topological polar surface area (TPSA) is 45.2 Å². The fourth-order valence-corrected chi connectivity index (χ4v) is 4.86. The number of fused-ring (bicyclic) bond motifs is 1. The zero-order chi connectivity index (χ0) is 21.9. The second-order valence-corrected chi connectivity index (χ2v) is 9.06. The normalized spacial score (nSPS) is 15.2. The molecule has 6 heteroatoms. The van der Waals surface area contributed by atoms with E-state index in [1.807, 2.05) is 54.6 Å². The molecule has 0 spiro atoms. The molecule has 1 aliphatic heterocycles. The van der Waals surface area contributed by atoms with E-state index in [0.717, 1.165) is 45.7 Å². The molecular formula is C26H24FN3OS. The van der Waals surface area contributed by atoms with E-state index in [2.05, 4.69) is 27.3 Å². The smallest absolute Gasteiger partial charge is 0.255 e. The highest BCUT2D eigenvalue weighted by atomic mass is 32.1. The van der Waals surface area contributed by atoms with Crippen LogP contribution in [0.1, 0.15) is 28.8 Å². The Morgan fingerprint density at radius 1 is 1.06 bits per heavy atom. The van der Waals surface area contributed by atoms with Gasteiger partial charge in [-0.05, 0) is 59.9 Å². The van der Waals surface area contributed by atoms with Gasteiger partial charge in [0.2, 0.25) is 0 Å². The molecule has 1 aliphatic rings. The third kappa shape index (κ3) is 4.56. The second kappa shape index (κ2) is 9.18. The number of hydrogen-bond donors (Lipinski definition) is 1. The number of hydrogen-bond acceptors (Lipinski definition) is 4. The van der Waals surface area contributed by atoms with Crippen LogP contribution in [0.3, 0.4) is 0 Å². The predicted molar refractivity (Wildman–Crippen MR) is 129 cm³/mol. The highest BCUT2D eigenvalue weighted by Gasteiger charge is 2.20. The van der Waals surface area contributed by atoms with Gasteiger partial charge in [0.25, 0.3) is 5.91 Å². The van der Waals surface area contributed by atoms with Crippen LogP contribution in [-0.4, -0.2) is 35.1 Å². The van der Waals surface area contributed by atoms with Crippen molar-refractivity contribution in [2.75, 3.05) is 18.4 Å². The Balaban J connectivity index is 1.42. The van der Waals surface area contributed by atoms with Crippen LogP contribution >= 0.6 is 11.3 Å². The minimum absolute atomic E-state index is 0.150. The van der Waals surface area contributed by atoms with E-state index >= 15 is 0 Å². The number of anilines is 1. The number of aromatic nitrogens is 1. The van der Waals surface area contributed by atoms with Crippen molar-refractivity contribution in [2.45, 2.75) is 25.6 Å². The lowest BCUT2D eigenvalue weighted by Gasteiger charge is -2.29. The van der Waals surface area contributed by atoms with E-state index in [-0.39, 0.29) is 5.91 Å². The highest BCUT2D eigenvalue weighted by molar-refractivity contribution is 7.16. The lowest BCUT2D eigenvalue weighted by molar-refractivity contribution is 0.102. The fourth-order valence-electron chi connectivity index (χ4n) is 4.20. The standard InChI is InChI=1S/C26H24FN3OS/c27-21-10-12-30(13-11-21)16-20-14-19(6-8-23(20)18-4-2-1-3-5-18)26(31)29-22-7-9-25-24(15-22)28-17-32-25/h1-9,14-15,17,21H,10-13,16H2,(H,29,31). The Bertz CT molecular complexity index is 1230. The number of amides is 1. The third-order valence-corrected chi connectivity index (χ3v) is 6.76. The van der Waals surface area contributed by atoms with Crippen molar-refractivity contribution in [3.63, 3.8) is 0 Å². The summed E-state index contributed by atoms with van der Waals surface area (Å²) in [6.07, 6.45) is 0.437. The highest BCUT2D eigenvalue weighted by Crippen LogP contribution is 2.28. The molecule has 2 heterocycles. The molecule has 1 aromatic heterocycles. The van der Waals surface area contributed by atoms with Gasteiger partial charge in [-0.15, -0.1) is 11.3 Å². The van der Waals surface area contributed by atoms with Crippen LogP contribution in [0.2, 0.25) is 0 Å². The van der Waals surface area contributed by atoms with Gasteiger partial charge in [0, 0.05) is 30.9 Å². The van der Waals surface area contributed by atoms with Gasteiger partial charge >= 0.3 is 0 Å². The Labute approximate surface area is 190 Å². The first-order valence-corrected chi connectivity index (χ1v) is 11.7. The molecule has 4 aromatic rings. The SMILES string of the molecule is O=C(Nc1ccc2scnc2c1)c1ccc(-c2ccccc2)c(CN2CCC(F)CC2)c1. The number of rotatable bonds is 5. The molecule has 1 amide bonds. The van der Waals surface area contributed by atoms with E-state index in [1.165, 1.54) is 0 Å². The maximum atomic E-state index is 13.6. The molecule has 0 unspecified atom stereocenters. The van der Waals surface area contributed by atoms with Crippen LogP contribution in [0.4, 0.5) is 10.1 Å². The van der Waals surface area contributed by atoms with Crippen molar-refractivity contribution in [1.29, 1.82) is 0 Å². The van der Waals surface area contributed by atoms with Gasteiger partial charge in [-0.2, -0.15) is 0 Å². The van der Waals surface area contributed by atoms with Gasteiger partial charge in [-0.1, -0.05) is 36.4 Å². The molecule has 4 nitrogen and oxygen atoms in total. The summed E-state index contributed by atoms with van der Waals surface area (Å²) in [4.78, 5) is 19.6. The molecule has 0 aliphatic carbocycles. The molecule has 0 bridgehead atoms. The number of nitrogens with zero attached hydrogens (tertiary/aromatic N) is 2. The summed E-state index contributed by atoms with van der Waals surface area (Å²) in [5.74, 6) is -0.150. The van der Waals surface area contributed by atoms with E-state index in [1.54, 1.807) is 16.8 Å². The third-order valence-electron chi connectivity index (χ3n) is 5.95. The van der Waals surface area contributed by atoms with Crippen molar-refractivity contribution >= 4 is 33.1 Å². The molecule has 0 radical (unpaired) electrons. The molecule has 1 N–H and O–H groups in total. The zero-order valence-corrected chi connectivity index (χ0v) is 18.4. The van der Waals surface area contributed by atoms with Crippen LogP contribution < -0.4 is 5.32 Å². The zero-order valence-electron chi connectivity index (χ0n) is 17.6. The fraction of sp³-hybridized carbons (Fsp3) is 0.231. The molecule has 162 valence electrons. The second-order valence-electron chi connectivity index (χ2n) is 8.18. The van der Waals surface area contributed by atoms with Gasteiger partial charge in [0.1, 0.15) is 6.17 Å². The van der Waals surface area contributed by atoms with E-state index in [9.17, 15) is 9.18 Å². The molecule has 0 saturated carbocycles. The first-order valence-electron chi connectivity index (χ1n) is 10.8. The van der Waals surface area contributed by atoms with Gasteiger partial charge in [-0.3, -0.25) is 9.69 Å². The summed E-state index contributed by atoms with van der Waals surface area (Å²) >= 11 is 1.58. The molecular weight excluding hydrogens is 421 g/mol. The van der Waals surface area contributed by atoms with Crippen LogP contribution in [0.25, 0.3) is 21.3 Å². The molecule has 32 heavy (non-hydrogen) atoms. The van der Waals surface area contributed by atoms with Crippen LogP contribution in [0.15, 0.2) is 72.2 Å². The number of nitrogens with one attached hydrogen (secondary N) is 1. The summed E-state index contributed by atoms with van der Waals surface area (Å²) in [5.41, 5.74) is 7.32. The average molecular weight is 446 g/mol. The molecule has 3 aromatic carbocycles. The summed E-state index contributed by atoms with van der Waals surface area (Å²) in [6, 6.07) is 21.8. The average Bonchev–Trinajstić information content (AvgIpc) is 3.29. The van der Waals surface area contributed by atoms with Crippen molar-refractivity contribution < 1.29 is 9.18 Å². The predicted octanol–water partition coefficient (Wildman–Crippen LogP) is 6.15. The number of piperidine rings is 1. The molecule has 1 fully saturated rings. The largest absolute Gasteiger partial charge is 0.322 e. The van der Waals surface area contributed by atoms with Gasteiger partial charge < -0.3 is 5.32 Å². The number of benzene rings is 3. The monoisotopic (exact) mass is 445 g/mol. The number of carbonyl (C=O) groups is 1. The van der Waals surface area contributed by atoms with Crippen LogP contribution in [-0.2, 0) is 6.54 Å². The maximum absolute atomic E-state index is 13.6. The first-order chi connectivity index (χ1) is 15.7. The van der Waals surface area contributed by atoms with E-state index < -0.39 is 6.17 Å². The Morgan fingerprint density at radius 3 is 2.69 bits per heavy atom. The molecule has 5 rings (SSSR count). The van der Waals surface area contributed by atoms with E-state index in [4.69, 9.17) is 0 Å². The minimum atomic E-state index is -0.702. The van der Waals surface area contributed by atoms with Crippen molar-refractivity contribution in [3.8, 4) is 11.1 Å². The summed E-state index contributed by atoms with van der Waals surface area (Å²) in [7, 11) is 0. The minimum Gasteiger partial charge on any atom is -0.322 e. The van der Waals surface area contributed by atoms with Crippen molar-refractivity contribution in [3.05, 3.63) is 83.4 Å². The number of likely N-dealkylation sites (tertiary alicyclic amines) is 1. The van der Waals surface area contributed by atoms with Gasteiger partial charge in [0.15, 0.2) is 0 Å². The Kier molecular flexibility index (Phi) is 5.97. The number of carbonyl (C=O) groups excluding carboxylic acids is 1. The van der Waals surface area contributed by atoms with Crippen molar-refractivity contribution in [1.82, 2.24) is 9.88 Å². The lowest BCUT2D eigenvalue weighted by Crippen LogP contribution is -2.34. The van der Waals surface area contributed by atoms with Gasteiger partial charge in [-0.25, -0.2) is 9.37 Å². The van der Waals surface area contributed by atoms with E-state index in [0.29, 0.717) is 24.9 Å². The molecule has 0 atom stereocenters. The quantitative estimate of drug-likeness (QED) is 0.401. The van der Waals surface area contributed by atoms with Crippen molar-refractivity contribution in [2.24, 2.45) is 0 Å². The maximum Gasteiger partial charge on any atom is 0.255 e.